The zero-order valence-corrected chi connectivity index (χ0v) is 32.7. The zero-order chi connectivity index (χ0) is 37.1. The van der Waals surface area contributed by atoms with Crippen LogP contribution in [0.1, 0.15) is 27.8 Å². The maximum Gasteiger partial charge on any atom is 0.240 e. The monoisotopic (exact) mass is 719 g/mol. The average molecular weight is 720 g/mol. The minimum absolute atomic E-state index is 0.138. The fourth-order valence-corrected chi connectivity index (χ4v) is 11.8. The molecule has 0 atom stereocenters. The molecule has 0 spiro atoms. The molecule has 0 N–H and O–H groups in total. The number of nitrogens with zero attached hydrogens (tertiary/aromatic N) is 1. The smallest absolute Gasteiger partial charge is 0.240 e. The summed E-state index contributed by atoms with van der Waals surface area (Å²) in [6.45, 7) is 11.8. The first-order chi connectivity index (χ1) is 26.9. The molecule has 1 aliphatic heterocycles. The van der Waals surface area contributed by atoms with Crippen LogP contribution in [0, 0.1) is 34.6 Å². The van der Waals surface area contributed by atoms with Gasteiger partial charge in [0.2, 0.25) is 13.4 Å². The lowest BCUT2D eigenvalue weighted by Gasteiger charge is -2.34. The van der Waals surface area contributed by atoms with Crippen LogP contribution in [0.5, 0.6) is 0 Å². The quantitative estimate of drug-likeness (QED) is 0.161. The van der Waals surface area contributed by atoms with Gasteiger partial charge < -0.3 is 4.57 Å². The molecule has 55 heavy (non-hydrogen) atoms. The second-order valence-corrected chi connectivity index (χ2v) is 16.9. The lowest BCUT2D eigenvalue weighted by molar-refractivity contribution is 1.17. The van der Waals surface area contributed by atoms with Gasteiger partial charge in [-0.25, -0.2) is 0 Å². The van der Waals surface area contributed by atoms with Crippen LogP contribution >= 0.6 is 11.3 Å². The molecule has 8 aromatic carbocycles. The first kappa shape index (κ1) is 32.6. The number of aromatic nitrogens is 1. The Morgan fingerprint density at radius 1 is 0.436 bits per heavy atom. The van der Waals surface area contributed by atoms with E-state index in [1.807, 2.05) is 11.3 Å². The second kappa shape index (κ2) is 12.1. The predicted molar refractivity (Wildman–Crippen MR) is 243 cm³/mol. The Labute approximate surface area is 327 Å². The Morgan fingerprint density at radius 3 is 1.47 bits per heavy atom. The van der Waals surface area contributed by atoms with Crippen molar-refractivity contribution >= 4 is 110 Å². The Morgan fingerprint density at radius 2 is 0.891 bits per heavy atom. The SMILES string of the molecule is Cc1cc(C)c(B2c3ccccc3B(c3c(C)cc(-n4c5ccccc5c5c6c7ccccc7sc6c6ccccc6c54)cc3C)c3ccccc32)c(C)c1. The fourth-order valence-electron chi connectivity index (χ4n) is 10.6. The fraction of sp³-hybridized carbons (Fsp3) is 0.0980. The van der Waals surface area contributed by atoms with Gasteiger partial charge in [-0.2, -0.15) is 0 Å². The van der Waals surface area contributed by atoms with E-state index in [1.165, 1.54) is 119 Å². The van der Waals surface area contributed by atoms with Crippen LogP contribution in [0.2, 0.25) is 0 Å². The summed E-state index contributed by atoms with van der Waals surface area (Å²) in [5, 5.41) is 7.99. The third kappa shape index (κ3) is 4.61. The van der Waals surface area contributed by atoms with Crippen LogP contribution < -0.4 is 32.8 Å². The zero-order valence-electron chi connectivity index (χ0n) is 31.9. The highest BCUT2D eigenvalue weighted by Gasteiger charge is 2.40. The minimum atomic E-state index is 0.138. The van der Waals surface area contributed by atoms with Gasteiger partial charge >= 0.3 is 0 Å². The van der Waals surface area contributed by atoms with Crippen LogP contribution in [-0.2, 0) is 0 Å². The molecule has 0 bridgehead atoms. The van der Waals surface area contributed by atoms with Gasteiger partial charge in [-0.1, -0.05) is 182 Å². The highest BCUT2D eigenvalue weighted by molar-refractivity contribution is 7.27. The van der Waals surface area contributed by atoms with E-state index < -0.39 is 0 Å². The topological polar surface area (TPSA) is 4.93 Å². The van der Waals surface area contributed by atoms with Gasteiger partial charge in [0.15, 0.2) is 0 Å². The van der Waals surface area contributed by atoms with Crippen molar-refractivity contribution in [2.45, 2.75) is 34.6 Å². The van der Waals surface area contributed by atoms with E-state index >= 15 is 0 Å². The lowest BCUT2D eigenvalue weighted by Crippen LogP contribution is -2.75. The van der Waals surface area contributed by atoms with Crippen molar-refractivity contribution in [1.29, 1.82) is 0 Å². The van der Waals surface area contributed by atoms with Gasteiger partial charge in [-0.3, -0.25) is 0 Å². The Kier molecular flexibility index (Phi) is 7.16. The number of hydrogen-bond donors (Lipinski definition) is 0. The van der Waals surface area contributed by atoms with Crippen molar-refractivity contribution in [3.05, 3.63) is 173 Å². The molecule has 260 valence electrons. The molecule has 0 radical (unpaired) electrons. The van der Waals surface area contributed by atoms with Crippen molar-refractivity contribution < 1.29 is 0 Å². The lowest BCUT2D eigenvalue weighted by atomic mass is 9.20. The number of para-hydroxylation sites is 1. The van der Waals surface area contributed by atoms with Gasteiger partial charge in [0.1, 0.15) is 0 Å². The summed E-state index contributed by atoms with van der Waals surface area (Å²) in [7, 11) is 0. The molecule has 1 aliphatic rings. The van der Waals surface area contributed by atoms with Crippen molar-refractivity contribution in [1.82, 2.24) is 4.57 Å². The minimum Gasteiger partial charge on any atom is -0.309 e. The normalized spacial score (nSPS) is 12.7. The molecule has 11 rings (SSSR count). The van der Waals surface area contributed by atoms with Gasteiger partial charge in [0, 0.05) is 47.4 Å². The number of rotatable bonds is 3. The van der Waals surface area contributed by atoms with E-state index in [2.05, 4.69) is 185 Å². The Hall–Kier alpha value is -5.83. The molecule has 1 nitrogen and oxygen atoms in total. The Bertz CT molecular complexity index is 3140. The maximum absolute atomic E-state index is 2.56. The molecule has 0 fully saturated rings. The predicted octanol–water partition coefficient (Wildman–Crippen LogP) is 9.19. The summed E-state index contributed by atoms with van der Waals surface area (Å²) in [4.78, 5) is 0. The van der Waals surface area contributed by atoms with Crippen LogP contribution in [-0.4, -0.2) is 18.0 Å². The standard InChI is InChI=1S/C51H39B2NS/c1-30-26-31(2)48(32(3)27-30)52-40-20-10-12-22-42(40)53(43-23-13-11-21-41(43)52)49-33(4)28-35(29-34(49)5)54-44-24-14-8-18-38(44)46-47-39-19-9-15-25-45(39)55-51(47)37-17-7-6-16-36(37)50(46)54/h6-29H,1-5H3. The highest BCUT2D eigenvalue weighted by Crippen LogP contribution is 2.47. The van der Waals surface area contributed by atoms with Crippen LogP contribution in [0.15, 0.2) is 146 Å². The van der Waals surface area contributed by atoms with Crippen LogP contribution in [0.4, 0.5) is 0 Å². The molecule has 2 aromatic heterocycles. The summed E-state index contributed by atoms with van der Waals surface area (Å²) in [5.74, 6) is 0. The van der Waals surface area contributed by atoms with Crippen LogP contribution in [0.25, 0.3) is 58.4 Å². The molecule has 0 unspecified atom stereocenters. The average Bonchev–Trinajstić information content (AvgIpc) is 3.75. The third-order valence-electron chi connectivity index (χ3n) is 12.5. The molecular weight excluding hydrogens is 680 g/mol. The summed E-state index contributed by atoms with van der Waals surface area (Å²) in [6.07, 6.45) is 0. The van der Waals surface area contributed by atoms with Gasteiger partial charge in [0.05, 0.1) is 11.0 Å². The summed E-state index contributed by atoms with van der Waals surface area (Å²) < 4.78 is 5.27. The van der Waals surface area contributed by atoms with E-state index in [9.17, 15) is 0 Å². The van der Waals surface area contributed by atoms with E-state index in [0.717, 1.165) is 0 Å². The summed E-state index contributed by atoms with van der Waals surface area (Å²) in [5.41, 5.74) is 19.0. The second-order valence-electron chi connectivity index (χ2n) is 15.9. The van der Waals surface area contributed by atoms with Crippen molar-refractivity contribution in [3.63, 3.8) is 0 Å². The molecule has 0 aliphatic carbocycles. The van der Waals surface area contributed by atoms with Gasteiger partial charge in [-0.15, -0.1) is 11.3 Å². The number of fused-ring (bicyclic) bond motifs is 12. The number of aryl methyl sites for hydroxylation is 5. The molecule has 4 heteroatoms. The van der Waals surface area contributed by atoms with Gasteiger partial charge in [-0.05, 0) is 58.9 Å². The largest absolute Gasteiger partial charge is 0.309 e. The summed E-state index contributed by atoms with van der Waals surface area (Å²) in [6, 6.07) is 55.2. The molecule has 0 saturated heterocycles. The van der Waals surface area contributed by atoms with Crippen LogP contribution in [0.3, 0.4) is 0 Å². The molecule has 3 heterocycles. The third-order valence-corrected chi connectivity index (χ3v) is 13.7. The molecule has 0 saturated carbocycles. The van der Waals surface area contributed by atoms with Gasteiger partial charge in [0.25, 0.3) is 0 Å². The van der Waals surface area contributed by atoms with E-state index in [1.54, 1.807) is 0 Å². The van der Waals surface area contributed by atoms with Crippen molar-refractivity contribution in [2.75, 3.05) is 0 Å². The van der Waals surface area contributed by atoms with Crippen molar-refractivity contribution in [2.24, 2.45) is 0 Å². The Balaban J connectivity index is 1.18. The van der Waals surface area contributed by atoms with E-state index in [0.29, 0.717) is 0 Å². The first-order valence-corrected chi connectivity index (χ1v) is 20.3. The van der Waals surface area contributed by atoms with E-state index in [-0.39, 0.29) is 13.4 Å². The van der Waals surface area contributed by atoms with Crippen molar-refractivity contribution in [3.8, 4) is 5.69 Å². The molecule has 10 aromatic rings. The number of hydrogen-bond acceptors (Lipinski definition) is 1. The number of benzene rings is 8. The maximum atomic E-state index is 2.56. The highest BCUT2D eigenvalue weighted by atomic mass is 32.1. The number of thiophene rings is 1. The first-order valence-electron chi connectivity index (χ1n) is 19.5. The summed E-state index contributed by atoms with van der Waals surface area (Å²) >= 11 is 1.92. The van der Waals surface area contributed by atoms with E-state index in [4.69, 9.17) is 0 Å². The molecule has 0 amide bonds. The molecular formula is C51H39B2NS.